The third-order valence-electron chi connectivity index (χ3n) is 5.08. The molecule has 2 heterocycles. The summed E-state index contributed by atoms with van der Waals surface area (Å²) in [6, 6.07) is 7.73. The fourth-order valence-electron chi connectivity index (χ4n) is 3.19. The van der Waals surface area contributed by atoms with Crippen LogP contribution < -0.4 is 10.3 Å². The van der Waals surface area contributed by atoms with Crippen LogP contribution in [-0.4, -0.2) is 39.8 Å². The largest absolute Gasteiger partial charge is 0.488 e. The predicted molar refractivity (Wildman–Crippen MR) is 95.1 cm³/mol. The maximum Gasteiger partial charge on any atom is 0.279 e. The molecule has 0 unspecified atom stereocenters. The first-order valence-corrected chi connectivity index (χ1v) is 8.37. The Hall–Kier alpha value is -2.63. The lowest BCUT2D eigenvalue weighted by Crippen LogP contribution is -2.46. The minimum atomic E-state index is -0.372. The molecule has 1 aromatic heterocycles. The van der Waals surface area contributed by atoms with Crippen LogP contribution in [0, 0.1) is 13.8 Å². The van der Waals surface area contributed by atoms with E-state index in [1.54, 1.807) is 32.8 Å². The van der Waals surface area contributed by atoms with Gasteiger partial charge >= 0.3 is 0 Å². The summed E-state index contributed by atoms with van der Waals surface area (Å²) in [6.07, 6.45) is 0.625. The molecule has 1 aliphatic rings. The number of carbonyl (C=O) groups excluding carboxylic acids is 1. The van der Waals surface area contributed by atoms with Crippen molar-refractivity contribution >= 4 is 5.91 Å². The van der Waals surface area contributed by atoms with Crippen LogP contribution in [0.3, 0.4) is 0 Å². The average Bonchev–Trinajstić information content (AvgIpc) is 3.03. The van der Waals surface area contributed by atoms with Gasteiger partial charge in [-0.2, -0.15) is 5.10 Å². The lowest BCUT2D eigenvalue weighted by molar-refractivity contribution is 0.0594. The molecule has 0 N–H and O–H groups in total. The number of hydrogen-bond donors (Lipinski definition) is 0. The molecule has 2 aromatic rings. The third-order valence-corrected chi connectivity index (χ3v) is 5.08. The van der Waals surface area contributed by atoms with E-state index in [-0.39, 0.29) is 29.2 Å². The van der Waals surface area contributed by atoms with Crippen LogP contribution >= 0.6 is 0 Å². The van der Waals surface area contributed by atoms with Gasteiger partial charge in [-0.05, 0) is 38.0 Å². The zero-order chi connectivity index (χ0) is 18.3. The zero-order valence-electron chi connectivity index (χ0n) is 15.2. The summed E-state index contributed by atoms with van der Waals surface area (Å²) in [6.45, 7) is 5.51. The first kappa shape index (κ1) is 17.2. The molecule has 0 radical (unpaired) electrons. The number of benzene rings is 1. The van der Waals surface area contributed by atoms with E-state index in [0.29, 0.717) is 11.3 Å². The molecular weight excluding hydrogens is 318 g/mol. The first-order chi connectivity index (χ1) is 11.8. The van der Waals surface area contributed by atoms with Crippen LogP contribution in [0.25, 0.3) is 0 Å². The van der Waals surface area contributed by atoms with E-state index in [2.05, 4.69) is 5.10 Å². The summed E-state index contributed by atoms with van der Waals surface area (Å²) < 4.78 is 7.21. The van der Waals surface area contributed by atoms with Gasteiger partial charge in [-0.25, -0.2) is 4.68 Å². The second kappa shape index (κ2) is 6.35. The van der Waals surface area contributed by atoms with Crippen LogP contribution in [-0.2, 0) is 13.5 Å². The van der Waals surface area contributed by atoms with Gasteiger partial charge in [0, 0.05) is 20.5 Å². The number of aromatic nitrogens is 2. The van der Waals surface area contributed by atoms with Crippen molar-refractivity contribution in [2.45, 2.75) is 39.3 Å². The minimum absolute atomic E-state index is 0.126. The molecule has 0 aliphatic carbocycles. The van der Waals surface area contributed by atoms with E-state index in [9.17, 15) is 9.59 Å². The van der Waals surface area contributed by atoms with Gasteiger partial charge in [-0.15, -0.1) is 0 Å². The van der Waals surface area contributed by atoms with Crippen LogP contribution in [0.2, 0.25) is 0 Å². The second-order valence-corrected chi connectivity index (χ2v) is 6.64. The van der Waals surface area contributed by atoms with Crippen molar-refractivity contribution in [1.82, 2.24) is 14.7 Å². The number of rotatable bonds is 3. The highest BCUT2D eigenvalue weighted by Crippen LogP contribution is 2.30. The number of ether oxygens (including phenoxy) is 1. The fourth-order valence-corrected chi connectivity index (χ4v) is 3.19. The molecular formula is C19H23N3O3. The Bertz CT molecular complexity index is 863. The zero-order valence-corrected chi connectivity index (χ0v) is 15.2. The SMILES string of the molecule is Cc1nn(C)c(=O)c(C(=O)N(C)[C@H](C)[C@H]2Cc3ccccc3O2)c1C. The highest BCUT2D eigenvalue weighted by Gasteiger charge is 2.33. The molecule has 0 saturated carbocycles. The standard InChI is InChI=1S/C19H23N3O3/c1-11-12(2)20-22(5)19(24)17(11)18(23)21(4)13(3)16-10-14-8-6-7-9-15(14)25-16/h6-9,13,16H,10H2,1-5H3/t13-,16-/m1/s1. The summed E-state index contributed by atoms with van der Waals surface area (Å²) in [5.74, 6) is 0.572. The number of carbonyl (C=O) groups is 1. The Morgan fingerprint density at radius 1 is 1.36 bits per heavy atom. The Kier molecular flexibility index (Phi) is 4.37. The number of likely N-dealkylation sites (N-methyl/N-ethyl adjacent to an activating group) is 1. The maximum absolute atomic E-state index is 13.0. The molecule has 0 fully saturated rings. The van der Waals surface area contributed by atoms with Crippen LogP contribution in [0.1, 0.15) is 34.1 Å². The Morgan fingerprint density at radius 3 is 2.72 bits per heavy atom. The number of hydrogen-bond acceptors (Lipinski definition) is 4. The van der Waals surface area contributed by atoms with Crippen LogP contribution in [0.5, 0.6) is 5.75 Å². The van der Waals surface area contributed by atoms with Crippen molar-refractivity contribution in [3.05, 3.63) is 57.0 Å². The molecule has 3 rings (SSSR count). The van der Waals surface area contributed by atoms with Crippen molar-refractivity contribution in [3.8, 4) is 5.75 Å². The van der Waals surface area contributed by atoms with Gasteiger partial charge in [-0.1, -0.05) is 18.2 Å². The number of nitrogens with zero attached hydrogens (tertiary/aromatic N) is 3. The Balaban J connectivity index is 1.86. The van der Waals surface area contributed by atoms with E-state index < -0.39 is 0 Å². The summed E-state index contributed by atoms with van der Waals surface area (Å²) in [4.78, 5) is 27.0. The molecule has 0 bridgehead atoms. The number of para-hydroxylation sites is 1. The van der Waals surface area contributed by atoms with Crippen molar-refractivity contribution in [2.24, 2.45) is 7.05 Å². The van der Waals surface area contributed by atoms with Crippen molar-refractivity contribution in [1.29, 1.82) is 0 Å². The van der Waals surface area contributed by atoms with Crippen LogP contribution in [0.4, 0.5) is 0 Å². The number of aryl methyl sites for hydroxylation is 2. The van der Waals surface area contributed by atoms with E-state index >= 15 is 0 Å². The molecule has 0 saturated heterocycles. The van der Waals surface area contributed by atoms with E-state index in [1.165, 1.54) is 4.68 Å². The van der Waals surface area contributed by atoms with Crippen molar-refractivity contribution in [3.63, 3.8) is 0 Å². The molecule has 25 heavy (non-hydrogen) atoms. The van der Waals surface area contributed by atoms with Gasteiger partial charge < -0.3 is 9.64 Å². The molecule has 2 atom stereocenters. The van der Waals surface area contributed by atoms with Gasteiger partial charge in [-0.3, -0.25) is 9.59 Å². The summed E-state index contributed by atoms with van der Waals surface area (Å²) in [5.41, 5.74) is 2.26. The molecule has 1 aliphatic heterocycles. The summed E-state index contributed by atoms with van der Waals surface area (Å²) >= 11 is 0. The number of amides is 1. The number of fused-ring (bicyclic) bond motifs is 1. The monoisotopic (exact) mass is 341 g/mol. The predicted octanol–water partition coefficient (Wildman–Crippen LogP) is 1.86. The van der Waals surface area contributed by atoms with E-state index in [0.717, 1.165) is 17.7 Å². The Morgan fingerprint density at radius 2 is 2.04 bits per heavy atom. The molecule has 1 aromatic carbocycles. The van der Waals surface area contributed by atoms with Crippen molar-refractivity contribution < 1.29 is 9.53 Å². The van der Waals surface area contributed by atoms with Crippen LogP contribution in [0.15, 0.2) is 29.1 Å². The maximum atomic E-state index is 13.0. The third kappa shape index (κ3) is 2.92. The van der Waals surface area contributed by atoms with E-state index in [1.807, 2.05) is 31.2 Å². The quantitative estimate of drug-likeness (QED) is 0.855. The normalized spacial score (nSPS) is 16.9. The van der Waals surface area contributed by atoms with Gasteiger partial charge in [0.05, 0.1) is 11.7 Å². The Labute approximate surface area is 147 Å². The lowest BCUT2D eigenvalue weighted by atomic mass is 10.0. The first-order valence-electron chi connectivity index (χ1n) is 8.37. The summed E-state index contributed by atoms with van der Waals surface area (Å²) in [7, 11) is 3.28. The van der Waals surface area contributed by atoms with Gasteiger partial charge in [0.1, 0.15) is 17.4 Å². The molecule has 6 heteroatoms. The fraction of sp³-hybridized carbons (Fsp3) is 0.421. The second-order valence-electron chi connectivity index (χ2n) is 6.64. The average molecular weight is 341 g/mol. The highest BCUT2D eigenvalue weighted by molar-refractivity contribution is 5.95. The van der Waals surface area contributed by atoms with Gasteiger partial charge in [0.2, 0.25) is 0 Å². The molecule has 1 amide bonds. The molecule has 6 nitrogen and oxygen atoms in total. The van der Waals surface area contributed by atoms with E-state index in [4.69, 9.17) is 4.74 Å². The van der Waals surface area contributed by atoms with Gasteiger partial charge in [0.15, 0.2) is 0 Å². The smallest absolute Gasteiger partial charge is 0.279 e. The topological polar surface area (TPSA) is 64.4 Å². The highest BCUT2D eigenvalue weighted by atomic mass is 16.5. The molecule has 0 spiro atoms. The lowest BCUT2D eigenvalue weighted by Gasteiger charge is -2.29. The summed E-state index contributed by atoms with van der Waals surface area (Å²) in [5, 5.41) is 4.13. The molecule has 132 valence electrons. The minimum Gasteiger partial charge on any atom is -0.488 e. The van der Waals surface area contributed by atoms with Gasteiger partial charge in [0.25, 0.3) is 11.5 Å². The van der Waals surface area contributed by atoms with Crippen molar-refractivity contribution in [2.75, 3.05) is 7.05 Å².